The molecule has 0 spiro atoms. The molecule has 2 N–H and O–H groups in total. The minimum Gasteiger partial charge on any atom is -0.339 e. The third-order valence-corrected chi connectivity index (χ3v) is 4.74. The molecule has 1 heterocycles. The number of amides is 2. The van der Waals surface area contributed by atoms with Crippen molar-refractivity contribution >= 4 is 24.2 Å². The molecule has 0 bridgehead atoms. The van der Waals surface area contributed by atoms with E-state index in [1.807, 2.05) is 47.1 Å². The summed E-state index contributed by atoms with van der Waals surface area (Å²) in [5.41, 5.74) is 6.39. The quantitative estimate of drug-likeness (QED) is 0.840. The van der Waals surface area contributed by atoms with Crippen LogP contribution in [0.4, 0.5) is 0 Å². The number of rotatable bonds is 6. The van der Waals surface area contributed by atoms with Crippen molar-refractivity contribution in [1.82, 2.24) is 9.80 Å². The molecule has 0 saturated carbocycles. The van der Waals surface area contributed by atoms with E-state index >= 15 is 0 Å². The molecule has 1 aromatic carbocycles. The molecule has 1 aliphatic heterocycles. The van der Waals surface area contributed by atoms with Gasteiger partial charge in [0.1, 0.15) is 0 Å². The molecule has 2 rings (SSSR count). The largest absolute Gasteiger partial charge is 0.339 e. The van der Waals surface area contributed by atoms with Crippen LogP contribution < -0.4 is 5.73 Å². The Hall–Kier alpha value is -1.59. The van der Waals surface area contributed by atoms with E-state index in [2.05, 4.69) is 6.92 Å². The first-order valence-electron chi connectivity index (χ1n) is 8.93. The van der Waals surface area contributed by atoms with Crippen molar-refractivity contribution < 1.29 is 9.59 Å². The Kier molecular flexibility index (Phi) is 8.93. The molecule has 0 aliphatic carbocycles. The van der Waals surface area contributed by atoms with E-state index in [-0.39, 0.29) is 36.2 Å². The van der Waals surface area contributed by atoms with Crippen LogP contribution in [0.5, 0.6) is 0 Å². The number of hydrogen-bond donors (Lipinski definition) is 1. The normalized spacial score (nSPS) is 16.0. The fourth-order valence-electron chi connectivity index (χ4n) is 3.24. The van der Waals surface area contributed by atoms with Gasteiger partial charge in [0.2, 0.25) is 5.91 Å². The van der Waals surface area contributed by atoms with E-state index in [1.54, 1.807) is 0 Å². The third-order valence-electron chi connectivity index (χ3n) is 4.74. The summed E-state index contributed by atoms with van der Waals surface area (Å²) >= 11 is 0. The zero-order valence-corrected chi connectivity index (χ0v) is 16.0. The highest BCUT2D eigenvalue weighted by molar-refractivity contribution is 5.94. The molecule has 25 heavy (non-hydrogen) atoms. The minimum absolute atomic E-state index is 0. The molecule has 1 fully saturated rings. The van der Waals surface area contributed by atoms with Crippen molar-refractivity contribution in [2.75, 3.05) is 26.2 Å². The Morgan fingerprint density at radius 1 is 1.24 bits per heavy atom. The number of nitrogens with two attached hydrogens (primary N) is 1. The lowest BCUT2D eigenvalue weighted by Gasteiger charge is -2.39. The van der Waals surface area contributed by atoms with E-state index in [0.717, 1.165) is 31.4 Å². The fourth-order valence-corrected chi connectivity index (χ4v) is 3.24. The predicted octanol–water partition coefficient (Wildman–Crippen LogP) is 2.55. The Bertz CT molecular complexity index is 545. The molecule has 1 aliphatic rings. The number of nitrogens with zero attached hydrogens (tertiary/aromatic N) is 2. The van der Waals surface area contributed by atoms with Gasteiger partial charge in [0, 0.05) is 43.7 Å². The average molecular weight is 368 g/mol. The summed E-state index contributed by atoms with van der Waals surface area (Å²) in [5.74, 6) is 0.0884. The Morgan fingerprint density at radius 2 is 1.84 bits per heavy atom. The second-order valence-electron chi connectivity index (χ2n) is 6.56. The molecule has 140 valence electrons. The lowest BCUT2D eigenvalue weighted by Crippen LogP contribution is -2.50. The lowest BCUT2D eigenvalue weighted by atomic mass is 9.99. The van der Waals surface area contributed by atoms with E-state index in [4.69, 9.17) is 5.73 Å². The van der Waals surface area contributed by atoms with Crippen LogP contribution in [-0.4, -0.2) is 53.8 Å². The summed E-state index contributed by atoms with van der Waals surface area (Å²) in [6.07, 6.45) is 2.61. The Labute approximate surface area is 157 Å². The summed E-state index contributed by atoms with van der Waals surface area (Å²) in [4.78, 5) is 29.0. The molecule has 1 aromatic rings. The third kappa shape index (κ3) is 5.44. The summed E-state index contributed by atoms with van der Waals surface area (Å²) in [7, 11) is 0. The van der Waals surface area contributed by atoms with Crippen molar-refractivity contribution in [2.24, 2.45) is 11.7 Å². The highest BCUT2D eigenvalue weighted by Crippen LogP contribution is 2.20. The van der Waals surface area contributed by atoms with Crippen molar-refractivity contribution in [3.63, 3.8) is 0 Å². The van der Waals surface area contributed by atoms with Gasteiger partial charge in [-0.25, -0.2) is 0 Å². The van der Waals surface area contributed by atoms with Crippen LogP contribution in [0, 0.1) is 5.92 Å². The summed E-state index contributed by atoms with van der Waals surface area (Å²) < 4.78 is 0. The van der Waals surface area contributed by atoms with E-state index < -0.39 is 0 Å². The van der Waals surface area contributed by atoms with Gasteiger partial charge in [0.25, 0.3) is 5.91 Å². The van der Waals surface area contributed by atoms with Gasteiger partial charge in [0.05, 0.1) is 0 Å². The summed E-state index contributed by atoms with van der Waals surface area (Å²) in [6, 6.07) is 9.60. The number of likely N-dealkylation sites (tertiary alicyclic amines) is 1. The number of piperidine rings is 1. The summed E-state index contributed by atoms with van der Waals surface area (Å²) in [6.45, 7) is 6.51. The molecule has 1 unspecified atom stereocenters. The van der Waals surface area contributed by atoms with Gasteiger partial charge in [-0.15, -0.1) is 12.4 Å². The van der Waals surface area contributed by atoms with Crippen LogP contribution >= 0.6 is 12.4 Å². The maximum atomic E-state index is 12.6. The fraction of sp³-hybridized carbons (Fsp3) is 0.579. The van der Waals surface area contributed by atoms with Gasteiger partial charge in [-0.05, 0) is 31.4 Å². The average Bonchev–Trinajstić information content (AvgIpc) is 2.65. The molecule has 1 atom stereocenters. The Morgan fingerprint density at radius 3 is 2.36 bits per heavy atom. The van der Waals surface area contributed by atoms with Gasteiger partial charge in [0.15, 0.2) is 0 Å². The van der Waals surface area contributed by atoms with Gasteiger partial charge in [-0.2, -0.15) is 0 Å². The van der Waals surface area contributed by atoms with Crippen LogP contribution in [0.15, 0.2) is 30.3 Å². The molecule has 0 aromatic heterocycles. The highest BCUT2D eigenvalue weighted by Gasteiger charge is 2.30. The maximum absolute atomic E-state index is 12.6. The maximum Gasteiger partial charge on any atom is 0.253 e. The van der Waals surface area contributed by atoms with Gasteiger partial charge in [-0.1, -0.05) is 32.0 Å². The van der Waals surface area contributed by atoms with Crippen LogP contribution in [-0.2, 0) is 4.79 Å². The van der Waals surface area contributed by atoms with Crippen LogP contribution in [0.3, 0.4) is 0 Å². The summed E-state index contributed by atoms with van der Waals surface area (Å²) in [5, 5.41) is 0. The smallest absolute Gasteiger partial charge is 0.253 e. The first-order chi connectivity index (χ1) is 11.6. The van der Waals surface area contributed by atoms with Crippen molar-refractivity contribution in [2.45, 2.75) is 39.2 Å². The predicted molar refractivity (Wildman–Crippen MR) is 103 cm³/mol. The second-order valence-corrected chi connectivity index (χ2v) is 6.56. The first-order valence-corrected chi connectivity index (χ1v) is 8.93. The molecule has 5 nitrogen and oxygen atoms in total. The van der Waals surface area contributed by atoms with E-state index in [9.17, 15) is 9.59 Å². The van der Waals surface area contributed by atoms with Crippen molar-refractivity contribution in [3.05, 3.63) is 35.9 Å². The lowest BCUT2D eigenvalue weighted by molar-refractivity contribution is -0.138. The topological polar surface area (TPSA) is 66.6 Å². The standard InChI is InChI=1S/C19H29N3O2.ClH/c1-3-11-22(18(23)15(2)14-20)17-9-12-21(13-10-17)19(24)16-7-5-4-6-8-16;/h4-8,15,17H,3,9-14,20H2,1-2H3;1H. The van der Waals surface area contributed by atoms with Crippen LogP contribution in [0.1, 0.15) is 43.5 Å². The number of halogens is 1. The SMILES string of the molecule is CCCN(C(=O)C(C)CN)C1CCN(C(=O)c2ccccc2)CC1.Cl. The molecular weight excluding hydrogens is 338 g/mol. The van der Waals surface area contributed by atoms with Gasteiger partial charge >= 0.3 is 0 Å². The zero-order chi connectivity index (χ0) is 17.5. The monoisotopic (exact) mass is 367 g/mol. The molecule has 6 heteroatoms. The van der Waals surface area contributed by atoms with E-state index in [0.29, 0.717) is 19.6 Å². The number of hydrogen-bond acceptors (Lipinski definition) is 3. The number of benzene rings is 1. The number of carbonyl (C=O) groups is 2. The van der Waals surface area contributed by atoms with Crippen LogP contribution in [0.25, 0.3) is 0 Å². The van der Waals surface area contributed by atoms with Crippen molar-refractivity contribution in [3.8, 4) is 0 Å². The first kappa shape index (κ1) is 21.5. The van der Waals surface area contributed by atoms with E-state index in [1.165, 1.54) is 0 Å². The Balaban J connectivity index is 0.00000312. The second kappa shape index (κ2) is 10.4. The molecule has 1 saturated heterocycles. The molecule has 0 radical (unpaired) electrons. The van der Waals surface area contributed by atoms with Gasteiger partial charge < -0.3 is 15.5 Å². The highest BCUT2D eigenvalue weighted by atomic mass is 35.5. The number of carbonyl (C=O) groups excluding carboxylic acids is 2. The molecular formula is C19H30ClN3O2. The minimum atomic E-state index is -0.138. The van der Waals surface area contributed by atoms with Crippen molar-refractivity contribution in [1.29, 1.82) is 0 Å². The zero-order valence-electron chi connectivity index (χ0n) is 15.2. The van der Waals surface area contributed by atoms with Crippen LogP contribution in [0.2, 0.25) is 0 Å². The molecule has 2 amide bonds. The van der Waals surface area contributed by atoms with Gasteiger partial charge in [-0.3, -0.25) is 9.59 Å².